The molecule has 0 saturated carbocycles. The van der Waals surface area contributed by atoms with Gasteiger partial charge in [0.15, 0.2) is 0 Å². The highest BCUT2D eigenvalue weighted by Crippen LogP contribution is 2.28. The van der Waals surface area contributed by atoms with Crippen LogP contribution in [-0.2, 0) is 14.8 Å². The van der Waals surface area contributed by atoms with Gasteiger partial charge in [0.2, 0.25) is 15.9 Å². The molecule has 1 aliphatic heterocycles. The third kappa shape index (κ3) is 4.43. The number of aromatic nitrogens is 1. The van der Waals surface area contributed by atoms with E-state index >= 15 is 0 Å². The van der Waals surface area contributed by atoms with Crippen molar-refractivity contribution in [2.75, 3.05) is 18.4 Å². The second-order valence-corrected chi connectivity index (χ2v) is 8.95. The molecule has 0 atom stereocenters. The summed E-state index contributed by atoms with van der Waals surface area (Å²) in [6.45, 7) is 3.79. The van der Waals surface area contributed by atoms with Crippen LogP contribution >= 0.6 is 0 Å². The summed E-state index contributed by atoms with van der Waals surface area (Å²) in [5.74, 6) is -0.00999. The minimum absolute atomic E-state index is 0.0706. The molecule has 3 rings (SSSR count). The number of anilines is 1. The molecule has 0 bridgehead atoms. The van der Waals surface area contributed by atoms with Gasteiger partial charge in [0.05, 0.1) is 9.82 Å². The van der Waals surface area contributed by atoms with Gasteiger partial charge in [-0.3, -0.25) is 14.9 Å². The molecule has 0 unspecified atom stereocenters. The van der Waals surface area contributed by atoms with Crippen molar-refractivity contribution in [3.8, 4) is 0 Å². The zero-order valence-electron chi connectivity index (χ0n) is 16.2. The summed E-state index contributed by atoms with van der Waals surface area (Å²) in [7, 11) is -3.88. The summed E-state index contributed by atoms with van der Waals surface area (Å²) in [5.41, 5.74) is 1.03. The van der Waals surface area contributed by atoms with Gasteiger partial charge < -0.3 is 5.32 Å². The standard InChI is InChI=1S/C19H22N4O5S/c1-13-5-6-16(23(25)26)12-17(13)29(27,28)22-10-7-15(8-11-22)19(24)21-18-14(2)4-3-9-20-18/h3-6,9,12,15H,7-8,10-11H2,1-2H3,(H,20,21,24). The van der Waals surface area contributed by atoms with Gasteiger partial charge in [-0.05, 0) is 43.9 Å². The highest BCUT2D eigenvalue weighted by Gasteiger charge is 2.33. The lowest BCUT2D eigenvalue weighted by Gasteiger charge is -2.30. The number of hydrogen-bond donors (Lipinski definition) is 1. The van der Waals surface area contributed by atoms with Crippen LogP contribution in [0.2, 0.25) is 0 Å². The number of hydrogen-bond acceptors (Lipinski definition) is 6. The number of piperidine rings is 1. The molecule has 1 N–H and O–H groups in total. The van der Waals surface area contributed by atoms with E-state index < -0.39 is 14.9 Å². The third-order valence-corrected chi connectivity index (χ3v) is 7.12. The Kier molecular flexibility index (Phi) is 5.94. The van der Waals surface area contributed by atoms with E-state index in [9.17, 15) is 23.3 Å². The number of nitrogens with one attached hydrogen (secondary N) is 1. The van der Waals surface area contributed by atoms with E-state index in [1.807, 2.05) is 13.0 Å². The average Bonchev–Trinajstić information content (AvgIpc) is 2.69. The van der Waals surface area contributed by atoms with Crippen LogP contribution in [0, 0.1) is 29.9 Å². The lowest BCUT2D eigenvalue weighted by Crippen LogP contribution is -2.41. The van der Waals surface area contributed by atoms with Crippen molar-refractivity contribution in [3.63, 3.8) is 0 Å². The van der Waals surface area contributed by atoms with Crippen molar-refractivity contribution < 1.29 is 18.1 Å². The van der Waals surface area contributed by atoms with Gasteiger partial charge in [0.25, 0.3) is 5.69 Å². The SMILES string of the molecule is Cc1ccc([N+](=O)[O-])cc1S(=O)(=O)N1CCC(C(=O)Nc2ncccc2C)CC1. The van der Waals surface area contributed by atoms with E-state index in [0.717, 1.165) is 11.6 Å². The van der Waals surface area contributed by atoms with Gasteiger partial charge >= 0.3 is 0 Å². The number of carbonyl (C=O) groups excluding carboxylic acids is 1. The molecule has 1 aromatic carbocycles. The molecule has 10 heteroatoms. The lowest BCUT2D eigenvalue weighted by molar-refractivity contribution is -0.385. The maximum Gasteiger partial charge on any atom is 0.270 e. The summed E-state index contributed by atoms with van der Waals surface area (Å²) in [6, 6.07) is 7.43. The molecule has 1 saturated heterocycles. The molecule has 29 heavy (non-hydrogen) atoms. The van der Waals surface area contributed by atoms with Gasteiger partial charge in [-0.2, -0.15) is 4.31 Å². The maximum absolute atomic E-state index is 13.0. The lowest BCUT2D eigenvalue weighted by atomic mass is 9.97. The van der Waals surface area contributed by atoms with Crippen LogP contribution in [0.15, 0.2) is 41.4 Å². The quantitative estimate of drug-likeness (QED) is 0.588. The topological polar surface area (TPSA) is 123 Å². The molecule has 1 aliphatic rings. The first-order valence-corrected chi connectivity index (χ1v) is 10.6. The Morgan fingerprint density at radius 1 is 1.21 bits per heavy atom. The van der Waals surface area contributed by atoms with Crippen molar-refractivity contribution in [2.45, 2.75) is 31.6 Å². The molecular formula is C19H22N4O5S. The minimum atomic E-state index is -3.88. The first-order chi connectivity index (χ1) is 13.7. The zero-order valence-corrected chi connectivity index (χ0v) is 17.0. The average molecular weight is 418 g/mol. The Bertz CT molecular complexity index is 1050. The smallest absolute Gasteiger partial charge is 0.270 e. The molecule has 0 aliphatic carbocycles. The number of carbonyl (C=O) groups is 1. The van der Waals surface area contributed by atoms with E-state index in [1.165, 1.54) is 16.4 Å². The van der Waals surface area contributed by atoms with Crippen LogP contribution in [0.5, 0.6) is 0 Å². The van der Waals surface area contributed by atoms with Crippen LogP contribution in [0.3, 0.4) is 0 Å². The summed E-state index contributed by atoms with van der Waals surface area (Å²) in [6.07, 6.45) is 2.33. The van der Waals surface area contributed by atoms with Crippen molar-refractivity contribution in [2.24, 2.45) is 5.92 Å². The largest absolute Gasteiger partial charge is 0.310 e. The van der Waals surface area contributed by atoms with Crippen LogP contribution < -0.4 is 5.32 Å². The summed E-state index contributed by atoms with van der Waals surface area (Å²) in [4.78, 5) is 27.0. The van der Waals surface area contributed by atoms with Crippen LogP contribution in [0.1, 0.15) is 24.0 Å². The van der Waals surface area contributed by atoms with Gasteiger partial charge in [-0.1, -0.05) is 12.1 Å². The monoisotopic (exact) mass is 418 g/mol. The normalized spacial score (nSPS) is 15.8. The maximum atomic E-state index is 13.0. The Morgan fingerprint density at radius 3 is 2.52 bits per heavy atom. The van der Waals surface area contributed by atoms with Crippen LogP contribution in [-0.4, -0.2) is 41.6 Å². The van der Waals surface area contributed by atoms with Gasteiger partial charge in [-0.15, -0.1) is 0 Å². The van der Waals surface area contributed by atoms with Crippen molar-refractivity contribution in [1.29, 1.82) is 0 Å². The van der Waals surface area contributed by atoms with E-state index in [0.29, 0.717) is 24.2 Å². The van der Waals surface area contributed by atoms with E-state index in [-0.39, 0.29) is 35.5 Å². The minimum Gasteiger partial charge on any atom is -0.310 e. The van der Waals surface area contributed by atoms with E-state index in [4.69, 9.17) is 0 Å². The highest BCUT2D eigenvalue weighted by atomic mass is 32.2. The molecule has 1 fully saturated rings. The van der Waals surface area contributed by atoms with Crippen molar-refractivity contribution in [1.82, 2.24) is 9.29 Å². The number of benzene rings is 1. The second-order valence-electron chi connectivity index (χ2n) is 7.04. The van der Waals surface area contributed by atoms with Crippen LogP contribution in [0.25, 0.3) is 0 Å². The second kappa shape index (κ2) is 8.26. The number of non-ortho nitro benzene ring substituents is 1. The molecular weight excluding hydrogens is 396 g/mol. The predicted octanol–water partition coefficient (Wildman–Crippen LogP) is 2.65. The highest BCUT2D eigenvalue weighted by molar-refractivity contribution is 7.89. The summed E-state index contributed by atoms with van der Waals surface area (Å²) >= 11 is 0. The molecule has 2 heterocycles. The zero-order chi connectivity index (χ0) is 21.2. The fourth-order valence-electron chi connectivity index (χ4n) is 3.31. The summed E-state index contributed by atoms with van der Waals surface area (Å²) < 4.78 is 27.3. The predicted molar refractivity (Wildman–Crippen MR) is 107 cm³/mol. The molecule has 1 amide bonds. The number of nitro groups is 1. The molecule has 1 aromatic heterocycles. The van der Waals surface area contributed by atoms with Crippen LogP contribution in [0.4, 0.5) is 11.5 Å². The Labute approximate surface area is 169 Å². The Hall–Kier alpha value is -2.85. The number of nitro benzene ring substituents is 1. The Balaban J connectivity index is 1.70. The number of amides is 1. The first-order valence-electron chi connectivity index (χ1n) is 9.18. The molecule has 0 spiro atoms. The van der Waals surface area contributed by atoms with E-state index in [1.54, 1.807) is 19.2 Å². The molecule has 2 aromatic rings. The van der Waals surface area contributed by atoms with Gasteiger partial charge in [0.1, 0.15) is 5.82 Å². The molecule has 0 radical (unpaired) electrons. The number of nitrogens with zero attached hydrogens (tertiary/aromatic N) is 3. The van der Waals surface area contributed by atoms with Crippen molar-refractivity contribution in [3.05, 3.63) is 57.8 Å². The van der Waals surface area contributed by atoms with E-state index in [2.05, 4.69) is 10.3 Å². The van der Waals surface area contributed by atoms with Gasteiger partial charge in [-0.25, -0.2) is 13.4 Å². The number of rotatable bonds is 5. The third-order valence-electron chi connectivity index (χ3n) is 5.08. The Morgan fingerprint density at radius 2 is 1.90 bits per heavy atom. The van der Waals surface area contributed by atoms with Crippen molar-refractivity contribution >= 4 is 27.4 Å². The molecule has 154 valence electrons. The first kappa shape index (κ1) is 20.9. The molecule has 9 nitrogen and oxygen atoms in total. The van der Waals surface area contributed by atoms with Gasteiger partial charge in [0, 0.05) is 37.3 Å². The summed E-state index contributed by atoms with van der Waals surface area (Å²) in [5, 5.41) is 13.8. The fourth-order valence-corrected chi connectivity index (χ4v) is 5.03. The number of pyridine rings is 1. The number of aryl methyl sites for hydroxylation is 2. The fraction of sp³-hybridized carbons (Fsp3) is 0.368. The number of sulfonamides is 1.